The number of hydrogen-bond donors (Lipinski definition) is 3. The first-order chi connectivity index (χ1) is 16.5. The summed E-state index contributed by atoms with van der Waals surface area (Å²) in [6.45, 7) is 11.6. The molecule has 0 fully saturated rings. The third kappa shape index (κ3) is 9.48. The molecule has 3 unspecified atom stereocenters. The maximum atomic E-state index is 13.8. The summed E-state index contributed by atoms with van der Waals surface area (Å²) in [5.41, 5.74) is 0.369. The highest BCUT2D eigenvalue weighted by atomic mass is 32.1. The summed E-state index contributed by atoms with van der Waals surface area (Å²) < 4.78 is 5.33. The van der Waals surface area contributed by atoms with E-state index in [0.29, 0.717) is 24.1 Å². The molecule has 0 heterocycles. The van der Waals surface area contributed by atoms with Crippen molar-refractivity contribution < 1.29 is 19.1 Å². The number of unbranched alkanes of at least 4 members (excludes halogenated alkanes) is 2. The maximum Gasteiger partial charge on any atom is 0.408 e. The minimum Gasteiger partial charge on any atom is -0.444 e. The standard InChI is InChI=1S/C27H41N3O4S/c1-8-11-14-17-28-24(31)23(21-16-13-12-15-20(21)10-3)30(19(4)9-2)25(32)22(18-35)29-26(33)34-27(5,6)7/h3,12-13,15-16,19,22-23,35H,8-9,11,14,17-18H2,1-2,4-7H3,(H,28,31)(H,29,33). The van der Waals surface area contributed by atoms with Gasteiger partial charge < -0.3 is 20.3 Å². The molecular weight excluding hydrogens is 462 g/mol. The fourth-order valence-corrected chi connectivity index (χ4v) is 3.83. The molecule has 0 aliphatic rings. The molecule has 0 radical (unpaired) electrons. The van der Waals surface area contributed by atoms with Crippen LogP contribution in [0.15, 0.2) is 24.3 Å². The Morgan fingerprint density at radius 2 is 1.83 bits per heavy atom. The van der Waals surface area contributed by atoms with Gasteiger partial charge in [-0.15, -0.1) is 6.42 Å². The lowest BCUT2D eigenvalue weighted by molar-refractivity contribution is -0.144. The Hall–Kier alpha value is -2.66. The van der Waals surface area contributed by atoms with Crippen molar-refractivity contribution >= 4 is 30.5 Å². The molecule has 3 atom stereocenters. The molecule has 8 heteroatoms. The summed E-state index contributed by atoms with van der Waals surface area (Å²) in [7, 11) is 0. The van der Waals surface area contributed by atoms with E-state index < -0.39 is 29.7 Å². The number of amides is 3. The number of nitrogens with zero attached hydrogens (tertiary/aromatic N) is 1. The normalized spacial score (nSPS) is 13.7. The largest absolute Gasteiger partial charge is 0.444 e. The summed E-state index contributed by atoms with van der Waals surface area (Å²) in [6, 6.07) is 4.84. The topological polar surface area (TPSA) is 87.7 Å². The first-order valence-corrected chi connectivity index (χ1v) is 12.9. The van der Waals surface area contributed by atoms with Gasteiger partial charge in [0.05, 0.1) is 0 Å². The number of ether oxygens (including phenoxy) is 1. The van der Waals surface area contributed by atoms with Gasteiger partial charge in [0.25, 0.3) is 0 Å². The van der Waals surface area contributed by atoms with E-state index in [-0.39, 0.29) is 17.7 Å². The second-order valence-corrected chi connectivity index (χ2v) is 9.88. The summed E-state index contributed by atoms with van der Waals surface area (Å²) in [4.78, 5) is 41.3. The van der Waals surface area contributed by atoms with E-state index in [2.05, 4.69) is 36.1 Å². The quantitative estimate of drug-likeness (QED) is 0.223. The zero-order valence-corrected chi connectivity index (χ0v) is 22.8. The first kappa shape index (κ1) is 30.4. The van der Waals surface area contributed by atoms with Crippen LogP contribution in [-0.4, -0.2) is 52.8 Å². The Morgan fingerprint density at radius 3 is 2.37 bits per heavy atom. The van der Waals surface area contributed by atoms with Crippen LogP contribution in [0.2, 0.25) is 0 Å². The van der Waals surface area contributed by atoms with Crippen molar-refractivity contribution in [2.24, 2.45) is 0 Å². The van der Waals surface area contributed by atoms with Crippen molar-refractivity contribution in [3.05, 3.63) is 35.4 Å². The molecule has 0 aliphatic carbocycles. The van der Waals surface area contributed by atoms with Crippen molar-refractivity contribution in [1.82, 2.24) is 15.5 Å². The Labute approximate surface area is 216 Å². The van der Waals surface area contributed by atoms with Gasteiger partial charge in [0, 0.05) is 23.9 Å². The van der Waals surface area contributed by atoms with E-state index in [1.165, 1.54) is 4.90 Å². The molecule has 194 valence electrons. The molecule has 3 amide bonds. The van der Waals surface area contributed by atoms with Crippen molar-refractivity contribution in [2.75, 3.05) is 12.3 Å². The molecule has 0 saturated heterocycles. The highest BCUT2D eigenvalue weighted by Crippen LogP contribution is 2.28. The zero-order valence-electron chi connectivity index (χ0n) is 21.9. The van der Waals surface area contributed by atoms with Crippen LogP contribution < -0.4 is 10.6 Å². The van der Waals surface area contributed by atoms with Crippen LogP contribution in [0.4, 0.5) is 4.79 Å². The Morgan fingerprint density at radius 1 is 1.17 bits per heavy atom. The van der Waals surface area contributed by atoms with Crippen LogP contribution >= 0.6 is 12.6 Å². The van der Waals surface area contributed by atoms with E-state index >= 15 is 0 Å². The maximum absolute atomic E-state index is 13.8. The van der Waals surface area contributed by atoms with Gasteiger partial charge in [-0.2, -0.15) is 12.6 Å². The van der Waals surface area contributed by atoms with E-state index in [0.717, 1.165) is 19.3 Å². The average Bonchev–Trinajstić information content (AvgIpc) is 2.81. The van der Waals surface area contributed by atoms with Gasteiger partial charge in [-0.3, -0.25) is 9.59 Å². The van der Waals surface area contributed by atoms with Crippen LogP contribution in [0.25, 0.3) is 0 Å². The Kier molecular flexibility index (Phi) is 12.7. The number of carbonyl (C=O) groups excluding carboxylic acids is 3. The molecule has 0 aromatic heterocycles. The third-order valence-corrected chi connectivity index (χ3v) is 5.87. The van der Waals surface area contributed by atoms with Crippen LogP contribution in [0.1, 0.15) is 84.4 Å². The van der Waals surface area contributed by atoms with Crippen LogP contribution in [0.3, 0.4) is 0 Å². The van der Waals surface area contributed by atoms with Gasteiger partial charge >= 0.3 is 6.09 Å². The fourth-order valence-electron chi connectivity index (χ4n) is 3.58. The van der Waals surface area contributed by atoms with Gasteiger partial charge in [-0.25, -0.2) is 4.79 Å². The minimum absolute atomic E-state index is 0.0344. The molecule has 0 aliphatic heterocycles. The molecule has 1 rings (SSSR count). The molecule has 1 aromatic rings. The SMILES string of the molecule is C#Cc1ccccc1C(C(=O)NCCCCC)N(C(=O)C(CS)NC(=O)OC(C)(C)C)C(C)CC. The van der Waals surface area contributed by atoms with E-state index in [9.17, 15) is 14.4 Å². The number of benzene rings is 1. The molecule has 2 N–H and O–H groups in total. The number of rotatable bonds is 12. The average molecular weight is 504 g/mol. The molecule has 0 spiro atoms. The number of nitrogens with one attached hydrogen (secondary N) is 2. The van der Waals surface area contributed by atoms with Crippen molar-refractivity contribution in [3.8, 4) is 12.3 Å². The molecular formula is C27H41N3O4S. The second kappa shape index (κ2) is 14.7. The van der Waals surface area contributed by atoms with Crippen LogP contribution in [-0.2, 0) is 14.3 Å². The highest BCUT2D eigenvalue weighted by Gasteiger charge is 2.38. The predicted molar refractivity (Wildman–Crippen MR) is 143 cm³/mol. The van der Waals surface area contributed by atoms with E-state index in [1.54, 1.807) is 45.0 Å². The fraction of sp³-hybridized carbons (Fsp3) is 0.593. The summed E-state index contributed by atoms with van der Waals surface area (Å²) in [6.07, 6.45) is 8.47. The van der Waals surface area contributed by atoms with Crippen LogP contribution in [0.5, 0.6) is 0 Å². The Bertz CT molecular complexity index is 891. The van der Waals surface area contributed by atoms with Crippen molar-refractivity contribution in [1.29, 1.82) is 0 Å². The lowest BCUT2D eigenvalue weighted by atomic mass is 9.96. The van der Waals surface area contributed by atoms with Crippen LogP contribution in [0, 0.1) is 12.3 Å². The smallest absolute Gasteiger partial charge is 0.408 e. The van der Waals surface area contributed by atoms with Gasteiger partial charge in [0.1, 0.15) is 17.7 Å². The van der Waals surface area contributed by atoms with Gasteiger partial charge in [0.2, 0.25) is 11.8 Å². The summed E-state index contributed by atoms with van der Waals surface area (Å²) in [5, 5.41) is 5.59. The second-order valence-electron chi connectivity index (χ2n) is 9.52. The molecule has 0 saturated carbocycles. The first-order valence-electron chi connectivity index (χ1n) is 12.3. The number of thiol groups is 1. The van der Waals surface area contributed by atoms with E-state index in [1.807, 2.05) is 13.8 Å². The summed E-state index contributed by atoms with van der Waals surface area (Å²) >= 11 is 4.31. The lowest BCUT2D eigenvalue weighted by Gasteiger charge is -2.38. The zero-order chi connectivity index (χ0) is 26.6. The molecule has 1 aromatic carbocycles. The molecule has 0 bridgehead atoms. The van der Waals surface area contributed by atoms with Crippen molar-refractivity contribution in [3.63, 3.8) is 0 Å². The van der Waals surface area contributed by atoms with Gasteiger partial charge in [-0.1, -0.05) is 50.8 Å². The van der Waals surface area contributed by atoms with Gasteiger partial charge in [0.15, 0.2) is 0 Å². The van der Waals surface area contributed by atoms with E-state index in [4.69, 9.17) is 11.2 Å². The van der Waals surface area contributed by atoms with Crippen molar-refractivity contribution in [2.45, 2.75) is 91.0 Å². The predicted octanol–water partition coefficient (Wildman–Crippen LogP) is 4.47. The number of hydrogen-bond acceptors (Lipinski definition) is 5. The highest BCUT2D eigenvalue weighted by molar-refractivity contribution is 7.80. The number of alkyl carbamates (subject to hydrolysis) is 1. The van der Waals surface area contributed by atoms with Gasteiger partial charge in [-0.05, 0) is 52.2 Å². The number of carbonyl (C=O) groups is 3. The molecule has 35 heavy (non-hydrogen) atoms. The summed E-state index contributed by atoms with van der Waals surface area (Å²) in [5.74, 6) is 1.93. The third-order valence-electron chi connectivity index (χ3n) is 5.51. The Balaban J connectivity index is 3.44. The monoisotopic (exact) mass is 503 g/mol. The lowest BCUT2D eigenvalue weighted by Crippen LogP contribution is -2.56. The molecule has 7 nitrogen and oxygen atoms in total. The minimum atomic E-state index is -0.990. The number of terminal acetylenes is 1.